The van der Waals surface area contributed by atoms with Gasteiger partial charge in [-0.2, -0.15) is 0 Å². The Morgan fingerprint density at radius 2 is 1.53 bits per heavy atom. The van der Waals surface area contributed by atoms with E-state index in [9.17, 15) is 9.59 Å². The van der Waals surface area contributed by atoms with Crippen molar-refractivity contribution in [3.8, 4) is 11.1 Å². The third-order valence-corrected chi connectivity index (χ3v) is 2.96. The molecule has 0 aliphatic carbocycles. The van der Waals surface area contributed by atoms with Gasteiger partial charge in [-0.05, 0) is 23.1 Å². The number of benzene rings is 2. The van der Waals surface area contributed by atoms with Crippen molar-refractivity contribution in [1.82, 2.24) is 0 Å². The van der Waals surface area contributed by atoms with Crippen LogP contribution in [0.5, 0.6) is 0 Å². The Kier molecular flexibility index (Phi) is 4.08. The molecule has 0 atom stereocenters. The first-order chi connectivity index (χ1) is 9.18. The SMILES string of the molecule is O=C(O)C(=O)CCc1ccccc1-c1ccccc1. The summed E-state index contributed by atoms with van der Waals surface area (Å²) in [5, 5.41) is 8.60. The summed E-state index contributed by atoms with van der Waals surface area (Å²) in [4.78, 5) is 21.7. The Balaban J connectivity index is 2.22. The first kappa shape index (κ1) is 13.0. The summed E-state index contributed by atoms with van der Waals surface area (Å²) in [5.74, 6) is -2.11. The normalized spacial score (nSPS) is 10.1. The standard InChI is InChI=1S/C16H14O3/c17-15(16(18)19)11-10-13-8-4-5-9-14(13)12-6-2-1-3-7-12/h1-9H,10-11H2,(H,18,19). The molecule has 0 heterocycles. The summed E-state index contributed by atoms with van der Waals surface area (Å²) in [6.45, 7) is 0. The molecule has 0 aliphatic rings. The highest BCUT2D eigenvalue weighted by Crippen LogP contribution is 2.24. The minimum atomic E-state index is -1.36. The molecule has 0 bridgehead atoms. The van der Waals surface area contributed by atoms with Crippen molar-refractivity contribution < 1.29 is 14.7 Å². The van der Waals surface area contributed by atoms with E-state index in [0.717, 1.165) is 16.7 Å². The van der Waals surface area contributed by atoms with E-state index in [1.807, 2.05) is 54.6 Å². The van der Waals surface area contributed by atoms with Crippen LogP contribution in [0.4, 0.5) is 0 Å². The number of ketones is 1. The van der Waals surface area contributed by atoms with Crippen LogP contribution in [0, 0.1) is 0 Å². The largest absolute Gasteiger partial charge is 0.476 e. The summed E-state index contributed by atoms with van der Waals surface area (Å²) in [6.07, 6.45) is 0.468. The lowest BCUT2D eigenvalue weighted by Crippen LogP contribution is -2.13. The average molecular weight is 254 g/mol. The molecule has 0 radical (unpaired) electrons. The maximum Gasteiger partial charge on any atom is 0.372 e. The summed E-state index contributed by atoms with van der Waals surface area (Å²) in [6, 6.07) is 17.6. The van der Waals surface area contributed by atoms with Crippen molar-refractivity contribution in [2.75, 3.05) is 0 Å². The summed E-state index contributed by atoms with van der Waals surface area (Å²) in [7, 11) is 0. The first-order valence-corrected chi connectivity index (χ1v) is 6.08. The van der Waals surface area contributed by atoms with Gasteiger partial charge in [0.05, 0.1) is 0 Å². The van der Waals surface area contributed by atoms with Crippen LogP contribution in [0.1, 0.15) is 12.0 Å². The van der Waals surface area contributed by atoms with Gasteiger partial charge >= 0.3 is 5.97 Å². The Morgan fingerprint density at radius 3 is 2.21 bits per heavy atom. The van der Waals surface area contributed by atoms with E-state index >= 15 is 0 Å². The molecule has 0 saturated carbocycles. The van der Waals surface area contributed by atoms with Gasteiger partial charge in [0.25, 0.3) is 0 Å². The number of rotatable bonds is 5. The molecular weight excluding hydrogens is 240 g/mol. The Bertz CT molecular complexity index is 588. The van der Waals surface area contributed by atoms with Crippen molar-refractivity contribution in [1.29, 1.82) is 0 Å². The summed E-state index contributed by atoms with van der Waals surface area (Å²) in [5.41, 5.74) is 3.10. The Morgan fingerprint density at radius 1 is 0.895 bits per heavy atom. The van der Waals surface area contributed by atoms with Crippen molar-refractivity contribution >= 4 is 11.8 Å². The minimum Gasteiger partial charge on any atom is -0.476 e. The zero-order chi connectivity index (χ0) is 13.7. The third kappa shape index (κ3) is 3.28. The van der Waals surface area contributed by atoms with Gasteiger partial charge in [-0.3, -0.25) is 4.79 Å². The summed E-state index contributed by atoms with van der Waals surface area (Å²) >= 11 is 0. The predicted octanol–water partition coefficient (Wildman–Crippen LogP) is 2.94. The summed E-state index contributed by atoms with van der Waals surface area (Å²) < 4.78 is 0. The van der Waals surface area contributed by atoms with E-state index in [2.05, 4.69) is 0 Å². The fraction of sp³-hybridized carbons (Fsp3) is 0.125. The second kappa shape index (κ2) is 5.96. The molecule has 19 heavy (non-hydrogen) atoms. The van der Waals surface area contributed by atoms with Crippen molar-refractivity contribution in [2.45, 2.75) is 12.8 Å². The van der Waals surface area contributed by atoms with Gasteiger partial charge < -0.3 is 5.11 Å². The zero-order valence-corrected chi connectivity index (χ0v) is 10.4. The maximum absolute atomic E-state index is 11.2. The molecule has 1 N–H and O–H groups in total. The molecule has 2 aromatic carbocycles. The van der Waals surface area contributed by atoms with E-state index in [0.29, 0.717) is 6.42 Å². The highest BCUT2D eigenvalue weighted by molar-refractivity contribution is 6.32. The van der Waals surface area contributed by atoms with E-state index in [4.69, 9.17) is 5.11 Å². The number of Topliss-reactive ketones (excluding diaryl/α,β-unsaturated/α-hetero) is 1. The van der Waals surface area contributed by atoms with Gasteiger partial charge in [0.2, 0.25) is 5.78 Å². The smallest absolute Gasteiger partial charge is 0.372 e. The topological polar surface area (TPSA) is 54.4 Å². The average Bonchev–Trinajstić information content (AvgIpc) is 2.46. The van der Waals surface area contributed by atoms with Crippen LogP contribution in [-0.2, 0) is 16.0 Å². The van der Waals surface area contributed by atoms with Gasteiger partial charge in [0, 0.05) is 6.42 Å². The third-order valence-electron chi connectivity index (χ3n) is 2.96. The van der Waals surface area contributed by atoms with E-state index in [1.165, 1.54) is 0 Å². The lowest BCUT2D eigenvalue weighted by Gasteiger charge is -2.08. The van der Waals surface area contributed by atoms with Gasteiger partial charge in [0.15, 0.2) is 0 Å². The maximum atomic E-state index is 11.2. The molecule has 0 aromatic heterocycles. The monoisotopic (exact) mass is 254 g/mol. The molecule has 96 valence electrons. The Labute approximate surface area is 111 Å². The van der Waals surface area contributed by atoms with Gasteiger partial charge in [-0.25, -0.2) is 4.79 Å². The minimum absolute atomic E-state index is 0.0270. The number of aliphatic carboxylic acids is 1. The molecule has 0 spiro atoms. The van der Waals surface area contributed by atoms with Crippen LogP contribution < -0.4 is 0 Å². The fourth-order valence-corrected chi connectivity index (χ4v) is 1.99. The van der Waals surface area contributed by atoms with Crippen LogP contribution in [0.3, 0.4) is 0 Å². The van der Waals surface area contributed by atoms with Crippen LogP contribution in [0.25, 0.3) is 11.1 Å². The number of carboxylic acids is 1. The zero-order valence-electron chi connectivity index (χ0n) is 10.4. The van der Waals surface area contributed by atoms with Crippen LogP contribution >= 0.6 is 0 Å². The number of carboxylic acid groups (broad SMARTS) is 1. The van der Waals surface area contributed by atoms with E-state index < -0.39 is 11.8 Å². The van der Waals surface area contributed by atoms with Crippen LogP contribution in [-0.4, -0.2) is 16.9 Å². The first-order valence-electron chi connectivity index (χ1n) is 6.08. The van der Waals surface area contributed by atoms with Crippen molar-refractivity contribution in [3.05, 3.63) is 60.2 Å². The molecule has 3 nitrogen and oxygen atoms in total. The van der Waals surface area contributed by atoms with Crippen molar-refractivity contribution in [3.63, 3.8) is 0 Å². The molecular formula is C16H14O3. The van der Waals surface area contributed by atoms with Gasteiger partial charge in [-0.1, -0.05) is 54.6 Å². The highest BCUT2D eigenvalue weighted by Gasteiger charge is 2.12. The number of hydrogen-bond donors (Lipinski definition) is 1. The number of carbonyl (C=O) groups is 2. The predicted molar refractivity (Wildman–Crippen MR) is 72.8 cm³/mol. The van der Waals surface area contributed by atoms with Gasteiger partial charge in [-0.15, -0.1) is 0 Å². The molecule has 0 fully saturated rings. The lowest BCUT2D eigenvalue weighted by atomic mass is 9.96. The van der Waals surface area contributed by atoms with Gasteiger partial charge in [0.1, 0.15) is 0 Å². The van der Waals surface area contributed by atoms with E-state index in [1.54, 1.807) is 0 Å². The fourth-order valence-electron chi connectivity index (χ4n) is 1.99. The molecule has 2 rings (SSSR count). The number of aryl methyl sites for hydroxylation is 1. The molecule has 0 amide bonds. The second-order valence-electron chi connectivity index (χ2n) is 4.25. The molecule has 0 aliphatic heterocycles. The molecule has 0 saturated heterocycles. The molecule has 0 unspecified atom stereocenters. The lowest BCUT2D eigenvalue weighted by molar-refractivity contribution is -0.149. The van der Waals surface area contributed by atoms with Crippen LogP contribution in [0.2, 0.25) is 0 Å². The number of carbonyl (C=O) groups excluding carboxylic acids is 1. The second-order valence-corrected chi connectivity index (χ2v) is 4.25. The molecule has 3 heteroatoms. The van der Waals surface area contributed by atoms with E-state index in [-0.39, 0.29) is 6.42 Å². The highest BCUT2D eigenvalue weighted by atomic mass is 16.4. The Hall–Kier alpha value is -2.42. The number of hydrogen-bond acceptors (Lipinski definition) is 2. The quantitative estimate of drug-likeness (QED) is 0.834. The molecule has 2 aromatic rings. The van der Waals surface area contributed by atoms with Crippen molar-refractivity contribution in [2.24, 2.45) is 0 Å². The van der Waals surface area contributed by atoms with Crippen LogP contribution in [0.15, 0.2) is 54.6 Å².